The van der Waals surface area contributed by atoms with Gasteiger partial charge in [-0.1, -0.05) is 46.3 Å². The molecule has 2 aromatic carbocycles. The van der Waals surface area contributed by atoms with E-state index in [4.69, 9.17) is 0 Å². The van der Waals surface area contributed by atoms with E-state index in [9.17, 15) is 9.59 Å². The van der Waals surface area contributed by atoms with Crippen LogP contribution in [-0.4, -0.2) is 15.7 Å². The normalized spacial score (nSPS) is 10.7. The van der Waals surface area contributed by atoms with Crippen LogP contribution >= 0.6 is 15.9 Å². The topological polar surface area (TPSA) is 64.0 Å². The molecule has 0 fully saturated rings. The maximum Gasteiger partial charge on any atom is 0.275 e. The summed E-state index contributed by atoms with van der Waals surface area (Å²) < 4.78 is 2.13. The van der Waals surface area contributed by atoms with Crippen molar-refractivity contribution in [3.8, 4) is 0 Å². The molecule has 5 nitrogen and oxygen atoms in total. The lowest BCUT2D eigenvalue weighted by atomic mass is 10.2. The molecule has 3 rings (SSSR count). The highest BCUT2D eigenvalue weighted by Crippen LogP contribution is 2.11. The molecular weight excluding hydrogens is 358 g/mol. The summed E-state index contributed by atoms with van der Waals surface area (Å²) in [6.07, 6.45) is 1.60. The van der Waals surface area contributed by atoms with Crippen LogP contribution < -0.4 is 10.9 Å². The number of carbonyl (C=O) groups is 1. The Morgan fingerprint density at radius 2 is 2.00 bits per heavy atom. The van der Waals surface area contributed by atoms with Gasteiger partial charge in [-0.15, -0.1) is 0 Å². The molecule has 3 aromatic rings. The summed E-state index contributed by atoms with van der Waals surface area (Å²) in [5.74, 6) is -0.255. The number of hydrogen-bond donors (Lipinski definition) is 1. The number of nitrogens with zero attached hydrogens (tertiary/aromatic N) is 2. The van der Waals surface area contributed by atoms with E-state index >= 15 is 0 Å². The highest BCUT2D eigenvalue weighted by Gasteiger charge is 2.08. The number of fused-ring (bicyclic) bond motifs is 1. The molecule has 0 saturated carbocycles. The Morgan fingerprint density at radius 3 is 2.83 bits per heavy atom. The third-order valence-corrected chi connectivity index (χ3v) is 3.93. The molecular formula is C17H14BrN3O2. The Bertz CT molecular complexity index is 921. The smallest absolute Gasteiger partial charge is 0.275 e. The third kappa shape index (κ3) is 3.65. The fraction of sp³-hybridized carbons (Fsp3) is 0.118. The molecule has 0 saturated heterocycles. The second-order valence-corrected chi connectivity index (χ2v) is 6.02. The summed E-state index contributed by atoms with van der Waals surface area (Å²) in [6, 6.07) is 14.9. The van der Waals surface area contributed by atoms with Crippen LogP contribution in [0.1, 0.15) is 5.56 Å². The van der Waals surface area contributed by atoms with Crippen molar-refractivity contribution in [2.24, 2.45) is 0 Å². The molecule has 0 spiro atoms. The lowest BCUT2D eigenvalue weighted by Crippen LogP contribution is -2.33. The lowest BCUT2D eigenvalue weighted by molar-refractivity contribution is -0.122. The van der Waals surface area contributed by atoms with Crippen LogP contribution in [0, 0.1) is 0 Å². The van der Waals surface area contributed by atoms with E-state index in [0.717, 1.165) is 15.4 Å². The van der Waals surface area contributed by atoms with E-state index in [1.807, 2.05) is 36.4 Å². The zero-order valence-corrected chi connectivity index (χ0v) is 13.8. The standard InChI is InChI=1S/C17H14BrN3O2/c18-14-6-3-4-12(8-14)9-19-16(22)11-21-17(23)15-7-2-1-5-13(15)10-20-21/h1-8,10H,9,11H2,(H,19,22). The molecule has 0 aliphatic carbocycles. The number of aromatic nitrogens is 2. The molecule has 0 radical (unpaired) electrons. The van der Waals surface area contributed by atoms with Gasteiger partial charge in [0, 0.05) is 16.4 Å². The van der Waals surface area contributed by atoms with Gasteiger partial charge in [0.25, 0.3) is 5.56 Å². The van der Waals surface area contributed by atoms with Crippen molar-refractivity contribution in [3.63, 3.8) is 0 Å². The zero-order chi connectivity index (χ0) is 16.2. The summed E-state index contributed by atoms with van der Waals surface area (Å²) >= 11 is 3.39. The maximum atomic E-state index is 12.3. The van der Waals surface area contributed by atoms with Gasteiger partial charge in [0.15, 0.2) is 0 Å². The molecule has 1 heterocycles. The fourth-order valence-electron chi connectivity index (χ4n) is 2.28. The van der Waals surface area contributed by atoms with E-state index in [1.165, 1.54) is 4.68 Å². The van der Waals surface area contributed by atoms with E-state index in [2.05, 4.69) is 26.3 Å². The van der Waals surface area contributed by atoms with Gasteiger partial charge >= 0.3 is 0 Å². The molecule has 0 aliphatic rings. The number of nitrogens with one attached hydrogen (secondary N) is 1. The van der Waals surface area contributed by atoms with Crippen molar-refractivity contribution in [1.82, 2.24) is 15.1 Å². The summed E-state index contributed by atoms with van der Waals surface area (Å²) in [5.41, 5.74) is 0.715. The first-order chi connectivity index (χ1) is 11.1. The van der Waals surface area contributed by atoms with Crippen molar-refractivity contribution in [2.75, 3.05) is 0 Å². The average molecular weight is 372 g/mol. The minimum atomic E-state index is -0.263. The molecule has 23 heavy (non-hydrogen) atoms. The van der Waals surface area contributed by atoms with Gasteiger partial charge in [0.2, 0.25) is 5.91 Å². The van der Waals surface area contributed by atoms with Crippen LogP contribution in [0.2, 0.25) is 0 Å². The number of carbonyl (C=O) groups excluding carboxylic acids is 1. The predicted octanol–water partition coefficient (Wildman–Crippen LogP) is 2.48. The second kappa shape index (κ2) is 6.75. The number of rotatable bonds is 4. The quantitative estimate of drug-likeness (QED) is 0.765. The van der Waals surface area contributed by atoms with Crippen LogP contribution in [0.15, 0.2) is 64.0 Å². The van der Waals surface area contributed by atoms with Crippen LogP contribution in [0.3, 0.4) is 0 Å². The summed E-state index contributed by atoms with van der Waals surface area (Å²) in [5, 5.41) is 8.17. The van der Waals surface area contributed by atoms with E-state index in [0.29, 0.717) is 11.9 Å². The van der Waals surface area contributed by atoms with Gasteiger partial charge in [-0.05, 0) is 23.8 Å². The molecule has 0 aliphatic heterocycles. The average Bonchev–Trinajstić information content (AvgIpc) is 2.56. The van der Waals surface area contributed by atoms with Gasteiger partial charge in [0.05, 0.1) is 11.6 Å². The van der Waals surface area contributed by atoms with Crippen LogP contribution in [0.4, 0.5) is 0 Å². The Kier molecular flexibility index (Phi) is 4.52. The molecule has 1 amide bonds. The summed E-state index contributed by atoms with van der Waals surface area (Å²) in [6.45, 7) is 0.304. The molecule has 6 heteroatoms. The summed E-state index contributed by atoms with van der Waals surface area (Å²) in [7, 11) is 0. The molecule has 116 valence electrons. The van der Waals surface area contributed by atoms with Crippen molar-refractivity contribution in [1.29, 1.82) is 0 Å². The second-order valence-electron chi connectivity index (χ2n) is 5.10. The minimum absolute atomic E-state index is 0.0995. The molecule has 1 N–H and O–H groups in total. The molecule has 1 aromatic heterocycles. The number of amides is 1. The Hall–Kier alpha value is -2.47. The lowest BCUT2D eigenvalue weighted by Gasteiger charge is -2.08. The SMILES string of the molecule is O=C(Cn1ncc2ccccc2c1=O)NCc1cccc(Br)c1. The van der Waals surface area contributed by atoms with Crippen LogP contribution in [0.25, 0.3) is 10.8 Å². The van der Waals surface area contributed by atoms with E-state index < -0.39 is 0 Å². The fourth-order valence-corrected chi connectivity index (χ4v) is 2.73. The number of hydrogen-bond acceptors (Lipinski definition) is 3. The highest BCUT2D eigenvalue weighted by atomic mass is 79.9. The van der Waals surface area contributed by atoms with Crippen LogP contribution in [0.5, 0.6) is 0 Å². The van der Waals surface area contributed by atoms with E-state index in [-0.39, 0.29) is 18.0 Å². The van der Waals surface area contributed by atoms with Gasteiger partial charge in [-0.25, -0.2) is 4.68 Å². The van der Waals surface area contributed by atoms with E-state index in [1.54, 1.807) is 18.3 Å². The highest BCUT2D eigenvalue weighted by molar-refractivity contribution is 9.10. The molecule has 0 unspecified atom stereocenters. The predicted molar refractivity (Wildman–Crippen MR) is 92.0 cm³/mol. The van der Waals surface area contributed by atoms with Gasteiger partial charge in [-0.2, -0.15) is 5.10 Å². The minimum Gasteiger partial charge on any atom is -0.350 e. The van der Waals surface area contributed by atoms with Gasteiger partial charge in [-0.3, -0.25) is 9.59 Å². The maximum absolute atomic E-state index is 12.3. The first kappa shape index (κ1) is 15.4. The van der Waals surface area contributed by atoms with Crippen molar-refractivity contribution in [3.05, 3.63) is 75.1 Å². The van der Waals surface area contributed by atoms with Gasteiger partial charge < -0.3 is 5.32 Å². The van der Waals surface area contributed by atoms with Crippen LogP contribution in [-0.2, 0) is 17.9 Å². The summed E-state index contributed by atoms with van der Waals surface area (Å²) in [4.78, 5) is 24.3. The zero-order valence-electron chi connectivity index (χ0n) is 12.2. The molecule has 0 atom stereocenters. The first-order valence-corrected chi connectivity index (χ1v) is 7.89. The Labute approximate surface area is 141 Å². The largest absolute Gasteiger partial charge is 0.350 e. The van der Waals surface area contributed by atoms with Crippen molar-refractivity contribution < 1.29 is 4.79 Å². The first-order valence-electron chi connectivity index (χ1n) is 7.09. The third-order valence-electron chi connectivity index (χ3n) is 3.43. The number of halogens is 1. The molecule has 0 bridgehead atoms. The van der Waals surface area contributed by atoms with Crippen molar-refractivity contribution >= 4 is 32.6 Å². The Morgan fingerprint density at radius 1 is 1.17 bits per heavy atom. The number of benzene rings is 2. The van der Waals surface area contributed by atoms with Crippen molar-refractivity contribution in [2.45, 2.75) is 13.1 Å². The van der Waals surface area contributed by atoms with Gasteiger partial charge in [0.1, 0.15) is 6.54 Å². The Balaban J connectivity index is 1.71. The monoisotopic (exact) mass is 371 g/mol.